The molecule has 0 saturated carbocycles. The van der Waals surface area contributed by atoms with E-state index in [-0.39, 0.29) is 5.97 Å². The predicted octanol–water partition coefficient (Wildman–Crippen LogP) is 2.39. The molecule has 1 unspecified atom stereocenters. The number of hydrogen-bond acceptors (Lipinski definition) is 5. The topological polar surface area (TPSA) is 65.7 Å². The highest BCUT2D eigenvalue weighted by molar-refractivity contribution is 5.91. The normalized spacial score (nSPS) is 18.5. The first kappa shape index (κ1) is 12.5. The molecule has 0 fully saturated rings. The third-order valence-electron chi connectivity index (χ3n) is 3.30. The van der Waals surface area contributed by atoms with Crippen LogP contribution >= 0.6 is 0 Å². The minimum atomic E-state index is -0.726. The molecule has 3 rings (SSSR count). The van der Waals surface area contributed by atoms with Crippen molar-refractivity contribution in [3.8, 4) is 5.75 Å². The van der Waals surface area contributed by atoms with E-state index in [1.165, 1.54) is 6.07 Å². The second kappa shape index (κ2) is 4.52. The Hall–Kier alpha value is -2.56. The van der Waals surface area contributed by atoms with Gasteiger partial charge in [0, 0.05) is 28.7 Å². The fourth-order valence-corrected chi connectivity index (χ4v) is 1.96. The molecular formula is C15H12O5. The third kappa shape index (κ3) is 2.07. The van der Waals surface area contributed by atoms with Gasteiger partial charge in [-0.15, -0.1) is 0 Å². The summed E-state index contributed by atoms with van der Waals surface area (Å²) in [5.41, 5.74) is 1.30. The first-order valence-corrected chi connectivity index (χ1v) is 6.13. The molecule has 0 saturated heterocycles. The van der Waals surface area contributed by atoms with E-state index in [4.69, 9.17) is 13.9 Å². The summed E-state index contributed by atoms with van der Waals surface area (Å²) in [4.78, 5) is 22.6. The average molecular weight is 272 g/mol. The zero-order valence-corrected chi connectivity index (χ0v) is 11.0. The van der Waals surface area contributed by atoms with Crippen LogP contribution in [0.1, 0.15) is 13.8 Å². The lowest BCUT2D eigenvalue weighted by Crippen LogP contribution is -2.18. The summed E-state index contributed by atoms with van der Waals surface area (Å²) in [6, 6.07) is 8.15. The molecule has 102 valence electrons. The number of benzene rings is 1. The summed E-state index contributed by atoms with van der Waals surface area (Å²) in [7, 11) is 0. The fourth-order valence-electron chi connectivity index (χ4n) is 1.96. The molecular weight excluding hydrogens is 260 g/mol. The number of carbonyl (C=O) groups excluding carboxylic acids is 1. The van der Waals surface area contributed by atoms with Crippen LogP contribution in [0.25, 0.3) is 11.0 Å². The number of cyclic esters (lactones) is 1. The van der Waals surface area contributed by atoms with Crippen molar-refractivity contribution >= 4 is 16.9 Å². The Balaban J connectivity index is 1.92. The van der Waals surface area contributed by atoms with Crippen LogP contribution in [0.2, 0.25) is 0 Å². The van der Waals surface area contributed by atoms with E-state index in [0.29, 0.717) is 16.9 Å². The SMILES string of the molecule is CC1=C(C)C(Oc2ccc3ccc(=O)oc3c2)OC1=O. The standard InChI is InChI=1S/C15H12O5/c1-8-9(2)15(20-14(8)17)18-11-5-3-10-4-6-13(16)19-12(10)7-11/h3-7,15H,1-2H3. The Bertz CT molecular complexity index is 784. The van der Waals surface area contributed by atoms with E-state index in [1.807, 2.05) is 0 Å². The second-order valence-corrected chi connectivity index (χ2v) is 4.62. The number of rotatable bonds is 2. The quantitative estimate of drug-likeness (QED) is 0.620. The molecule has 1 aliphatic heterocycles. The van der Waals surface area contributed by atoms with Crippen LogP contribution in [0.15, 0.2) is 50.7 Å². The second-order valence-electron chi connectivity index (χ2n) is 4.62. The van der Waals surface area contributed by atoms with Crippen molar-refractivity contribution in [2.24, 2.45) is 0 Å². The highest BCUT2D eigenvalue weighted by Gasteiger charge is 2.29. The average Bonchev–Trinajstić information content (AvgIpc) is 2.66. The van der Waals surface area contributed by atoms with Crippen molar-refractivity contribution < 1.29 is 18.7 Å². The summed E-state index contributed by atoms with van der Waals surface area (Å²) in [5.74, 6) is 0.0959. The Morgan fingerprint density at radius 1 is 1.10 bits per heavy atom. The van der Waals surface area contributed by atoms with Crippen molar-refractivity contribution in [1.29, 1.82) is 0 Å². The van der Waals surface area contributed by atoms with E-state index < -0.39 is 11.9 Å². The molecule has 1 aliphatic rings. The first-order valence-electron chi connectivity index (χ1n) is 6.13. The summed E-state index contributed by atoms with van der Waals surface area (Å²) in [6.07, 6.45) is -0.726. The smallest absolute Gasteiger partial charge is 0.337 e. The molecule has 0 radical (unpaired) electrons. The van der Waals surface area contributed by atoms with Gasteiger partial charge in [0.05, 0.1) is 0 Å². The molecule has 1 aromatic heterocycles. The summed E-state index contributed by atoms with van der Waals surface area (Å²) in [5, 5.41) is 0.795. The Morgan fingerprint density at radius 3 is 2.55 bits per heavy atom. The van der Waals surface area contributed by atoms with Crippen LogP contribution in [0.3, 0.4) is 0 Å². The van der Waals surface area contributed by atoms with Crippen molar-refractivity contribution in [3.05, 3.63) is 51.9 Å². The number of ether oxygens (including phenoxy) is 2. The zero-order chi connectivity index (χ0) is 14.3. The monoisotopic (exact) mass is 272 g/mol. The Morgan fingerprint density at radius 2 is 1.85 bits per heavy atom. The third-order valence-corrected chi connectivity index (χ3v) is 3.30. The van der Waals surface area contributed by atoms with Gasteiger partial charge in [-0.2, -0.15) is 0 Å². The van der Waals surface area contributed by atoms with E-state index in [1.54, 1.807) is 38.1 Å². The van der Waals surface area contributed by atoms with Gasteiger partial charge >= 0.3 is 11.6 Å². The minimum Gasteiger partial charge on any atom is -0.451 e. The Kier molecular flexibility index (Phi) is 2.82. The molecule has 5 nitrogen and oxygen atoms in total. The maximum absolute atomic E-state index is 11.4. The van der Waals surface area contributed by atoms with Crippen LogP contribution in [0, 0.1) is 0 Å². The molecule has 2 aromatic rings. The lowest BCUT2D eigenvalue weighted by Gasteiger charge is -2.14. The molecule has 2 heterocycles. The Labute approximate surface area is 114 Å². The van der Waals surface area contributed by atoms with Crippen molar-refractivity contribution in [2.75, 3.05) is 0 Å². The van der Waals surface area contributed by atoms with Crippen LogP contribution in [0.5, 0.6) is 5.75 Å². The fraction of sp³-hybridized carbons (Fsp3) is 0.200. The van der Waals surface area contributed by atoms with E-state index in [0.717, 1.165) is 11.0 Å². The van der Waals surface area contributed by atoms with Gasteiger partial charge in [-0.05, 0) is 32.0 Å². The van der Waals surface area contributed by atoms with Crippen LogP contribution in [-0.4, -0.2) is 12.3 Å². The van der Waals surface area contributed by atoms with Gasteiger partial charge in [0.2, 0.25) is 0 Å². The van der Waals surface area contributed by atoms with Crippen molar-refractivity contribution in [2.45, 2.75) is 20.1 Å². The van der Waals surface area contributed by atoms with Gasteiger partial charge in [-0.3, -0.25) is 0 Å². The lowest BCUT2D eigenvalue weighted by molar-refractivity contribution is -0.149. The molecule has 1 aromatic carbocycles. The van der Waals surface area contributed by atoms with Crippen LogP contribution < -0.4 is 10.4 Å². The lowest BCUT2D eigenvalue weighted by atomic mass is 10.2. The maximum Gasteiger partial charge on any atom is 0.337 e. The molecule has 0 N–H and O–H groups in total. The number of hydrogen-bond donors (Lipinski definition) is 0. The van der Waals surface area contributed by atoms with E-state index in [2.05, 4.69) is 0 Å². The summed E-state index contributed by atoms with van der Waals surface area (Å²) in [6.45, 7) is 3.48. The van der Waals surface area contributed by atoms with Crippen LogP contribution in [0.4, 0.5) is 0 Å². The van der Waals surface area contributed by atoms with Gasteiger partial charge in [0.1, 0.15) is 11.3 Å². The van der Waals surface area contributed by atoms with Crippen molar-refractivity contribution in [3.63, 3.8) is 0 Å². The van der Waals surface area contributed by atoms with Gasteiger partial charge in [-0.25, -0.2) is 9.59 Å². The van der Waals surface area contributed by atoms with Crippen molar-refractivity contribution in [1.82, 2.24) is 0 Å². The van der Waals surface area contributed by atoms with Crippen LogP contribution in [-0.2, 0) is 9.53 Å². The zero-order valence-electron chi connectivity index (χ0n) is 11.0. The molecule has 5 heteroatoms. The molecule has 20 heavy (non-hydrogen) atoms. The molecule has 0 bridgehead atoms. The first-order chi connectivity index (χ1) is 9.54. The van der Waals surface area contributed by atoms with Gasteiger partial charge < -0.3 is 13.9 Å². The number of fused-ring (bicyclic) bond motifs is 1. The molecule has 0 aliphatic carbocycles. The number of esters is 1. The predicted molar refractivity (Wildman–Crippen MR) is 71.4 cm³/mol. The largest absolute Gasteiger partial charge is 0.451 e. The van der Waals surface area contributed by atoms with Gasteiger partial charge in [0.15, 0.2) is 0 Å². The number of carbonyl (C=O) groups is 1. The summed E-state index contributed by atoms with van der Waals surface area (Å²) < 4.78 is 15.8. The molecule has 1 atom stereocenters. The van der Waals surface area contributed by atoms with E-state index in [9.17, 15) is 9.59 Å². The van der Waals surface area contributed by atoms with Gasteiger partial charge in [-0.1, -0.05) is 0 Å². The van der Waals surface area contributed by atoms with E-state index >= 15 is 0 Å². The molecule has 0 amide bonds. The highest BCUT2D eigenvalue weighted by Crippen LogP contribution is 2.27. The van der Waals surface area contributed by atoms with Gasteiger partial charge in [0.25, 0.3) is 6.29 Å². The highest BCUT2D eigenvalue weighted by atomic mass is 16.7. The summed E-state index contributed by atoms with van der Waals surface area (Å²) >= 11 is 0. The molecule has 0 spiro atoms. The minimum absolute atomic E-state index is 0.375. The maximum atomic E-state index is 11.4.